The first-order valence-corrected chi connectivity index (χ1v) is 5.25. The van der Waals surface area contributed by atoms with Crippen molar-refractivity contribution in [1.29, 1.82) is 0 Å². The van der Waals surface area contributed by atoms with Gasteiger partial charge < -0.3 is 10.3 Å². The van der Waals surface area contributed by atoms with Crippen LogP contribution in [0.25, 0.3) is 0 Å². The predicted molar refractivity (Wildman–Crippen MR) is 59.7 cm³/mol. The van der Waals surface area contributed by atoms with Crippen molar-refractivity contribution in [2.45, 2.75) is 31.9 Å². The van der Waals surface area contributed by atoms with Crippen molar-refractivity contribution in [2.24, 2.45) is 0 Å². The smallest absolute Gasteiger partial charge is 0.182 e. The number of nitrogens with one attached hydrogen (secondary N) is 1. The van der Waals surface area contributed by atoms with Crippen molar-refractivity contribution in [3.63, 3.8) is 0 Å². The highest BCUT2D eigenvalue weighted by Crippen LogP contribution is 2.29. The van der Waals surface area contributed by atoms with E-state index in [2.05, 4.69) is 17.4 Å². The van der Waals surface area contributed by atoms with E-state index in [0.29, 0.717) is 6.04 Å². The average molecular weight is 189 g/mol. The van der Waals surface area contributed by atoms with Gasteiger partial charge in [-0.05, 0) is 36.0 Å². The zero-order valence-electron chi connectivity index (χ0n) is 8.59. The molecule has 0 saturated heterocycles. The molecule has 1 aliphatic carbocycles. The lowest BCUT2D eigenvalue weighted by Gasteiger charge is -2.25. The number of aryl methyl sites for hydroxylation is 1. The molecule has 1 aromatic rings. The van der Waals surface area contributed by atoms with Gasteiger partial charge in [-0.3, -0.25) is 0 Å². The number of hydrogen-bond acceptors (Lipinski definition) is 2. The van der Waals surface area contributed by atoms with Gasteiger partial charge in [-0.15, -0.1) is 0 Å². The molecule has 0 bridgehead atoms. The van der Waals surface area contributed by atoms with Gasteiger partial charge in [0.15, 0.2) is 7.98 Å². The predicted octanol–water partition coefficient (Wildman–Crippen LogP) is 0.694. The van der Waals surface area contributed by atoms with Crippen LogP contribution in [-0.4, -0.2) is 13.1 Å². The molecule has 2 rings (SSSR count). The van der Waals surface area contributed by atoms with Crippen LogP contribution in [0.3, 0.4) is 0 Å². The van der Waals surface area contributed by atoms with Crippen molar-refractivity contribution in [3.8, 4) is 0 Å². The third-order valence-electron chi connectivity index (χ3n) is 3.05. The van der Waals surface area contributed by atoms with Crippen LogP contribution < -0.4 is 5.23 Å². The largest absolute Gasteiger partial charge is 0.392 e. The Bertz CT molecular complexity index is 327. The van der Waals surface area contributed by atoms with Crippen molar-refractivity contribution in [3.05, 3.63) is 34.9 Å². The van der Waals surface area contributed by atoms with Crippen molar-refractivity contribution in [2.75, 3.05) is 0 Å². The third-order valence-corrected chi connectivity index (χ3v) is 3.05. The molecule has 3 heteroatoms. The van der Waals surface area contributed by atoms with E-state index in [0.717, 1.165) is 12.0 Å². The Morgan fingerprint density at radius 2 is 2.36 bits per heavy atom. The molecule has 0 fully saturated rings. The minimum atomic E-state index is 0.150. The summed E-state index contributed by atoms with van der Waals surface area (Å²) in [5, 5.41) is 12.4. The van der Waals surface area contributed by atoms with Gasteiger partial charge in [-0.2, -0.15) is 0 Å². The Hall–Kier alpha value is -0.795. The zero-order chi connectivity index (χ0) is 9.97. The number of rotatable bonds is 2. The van der Waals surface area contributed by atoms with Crippen molar-refractivity contribution < 1.29 is 5.11 Å². The van der Waals surface area contributed by atoms with Gasteiger partial charge in [0.25, 0.3) is 0 Å². The fourth-order valence-corrected chi connectivity index (χ4v) is 2.27. The molecular weight excluding hydrogens is 173 g/mol. The molecule has 2 nitrogen and oxygen atoms in total. The summed E-state index contributed by atoms with van der Waals surface area (Å²) in [7, 11) is 2.01. The zero-order valence-corrected chi connectivity index (χ0v) is 8.59. The monoisotopic (exact) mass is 189 g/mol. The summed E-state index contributed by atoms with van der Waals surface area (Å²) < 4.78 is 0. The van der Waals surface area contributed by atoms with Gasteiger partial charge in [-0.1, -0.05) is 18.2 Å². The number of aliphatic hydroxyl groups is 1. The van der Waals surface area contributed by atoms with E-state index in [9.17, 15) is 0 Å². The van der Waals surface area contributed by atoms with Crippen LogP contribution in [-0.2, 0) is 13.0 Å². The summed E-state index contributed by atoms with van der Waals surface area (Å²) in [6.45, 7) is 0.150. The molecule has 0 radical (unpaired) electrons. The maximum absolute atomic E-state index is 9.05. The number of benzene rings is 1. The fraction of sp³-hybridized carbons (Fsp3) is 0.455. The Kier molecular flexibility index (Phi) is 2.89. The van der Waals surface area contributed by atoms with Crippen LogP contribution >= 0.6 is 0 Å². The molecule has 0 aromatic heterocycles. The Labute approximate surface area is 85.8 Å². The molecule has 0 spiro atoms. The highest BCUT2D eigenvalue weighted by molar-refractivity contribution is 6.04. The maximum Gasteiger partial charge on any atom is 0.182 e. The molecule has 14 heavy (non-hydrogen) atoms. The second kappa shape index (κ2) is 4.15. The lowest BCUT2D eigenvalue weighted by molar-refractivity contribution is 0.281. The summed E-state index contributed by atoms with van der Waals surface area (Å²) in [5.41, 5.74) is 3.85. The first-order chi connectivity index (χ1) is 6.85. The van der Waals surface area contributed by atoms with E-state index < -0.39 is 0 Å². The van der Waals surface area contributed by atoms with Crippen LogP contribution in [0.4, 0.5) is 0 Å². The Balaban J connectivity index is 2.35. The fourth-order valence-electron chi connectivity index (χ4n) is 2.27. The Morgan fingerprint density at radius 1 is 1.50 bits per heavy atom. The quantitative estimate of drug-likeness (QED) is 0.671. The second-order valence-corrected chi connectivity index (χ2v) is 3.92. The minimum absolute atomic E-state index is 0.150. The number of aliphatic hydroxyl groups excluding tert-OH is 1. The van der Waals surface area contributed by atoms with Crippen molar-refractivity contribution >= 4 is 7.98 Å². The number of hydrogen-bond donors (Lipinski definition) is 2. The standard InChI is InChI=1S/C11H16BNO/c12-13-11-3-1-2-9-6-8(7-14)4-5-10(9)11/h4-6,11,13-14H,1-3,7,12H2. The topological polar surface area (TPSA) is 32.3 Å². The van der Waals surface area contributed by atoms with Crippen molar-refractivity contribution in [1.82, 2.24) is 5.23 Å². The molecule has 74 valence electrons. The maximum atomic E-state index is 9.05. The molecule has 0 aliphatic heterocycles. The van der Waals surface area contributed by atoms with E-state index in [1.165, 1.54) is 24.0 Å². The minimum Gasteiger partial charge on any atom is -0.392 e. The summed E-state index contributed by atoms with van der Waals surface area (Å²) in [5.74, 6) is 0. The first-order valence-electron chi connectivity index (χ1n) is 5.25. The molecule has 1 atom stereocenters. The highest BCUT2D eigenvalue weighted by atomic mass is 16.3. The Morgan fingerprint density at radius 3 is 3.07 bits per heavy atom. The molecule has 0 heterocycles. The van der Waals surface area contributed by atoms with Gasteiger partial charge in [-0.25, -0.2) is 0 Å². The lowest BCUT2D eigenvalue weighted by atomic mass is 9.86. The van der Waals surface area contributed by atoms with E-state index in [1.807, 2.05) is 14.0 Å². The molecule has 1 unspecified atom stereocenters. The third kappa shape index (κ3) is 1.70. The molecule has 1 aliphatic rings. The SMILES string of the molecule is BNC1CCCc2cc(CO)ccc21. The lowest BCUT2D eigenvalue weighted by Crippen LogP contribution is -2.22. The van der Waals surface area contributed by atoms with Gasteiger partial charge in [0.05, 0.1) is 6.61 Å². The molecule has 0 amide bonds. The van der Waals surface area contributed by atoms with Gasteiger partial charge in [0, 0.05) is 6.04 Å². The van der Waals surface area contributed by atoms with E-state index in [4.69, 9.17) is 5.11 Å². The van der Waals surface area contributed by atoms with Gasteiger partial charge >= 0.3 is 0 Å². The average Bonchev–Trinajstić information content (AvgIpc) is 2.27. The molecule has 1 aromatic carbocycles. The highest BCUT2D eigenvalue weighted by Gasteiger charge is 2.17. The normalized spacial score (nSPS) is 20.5. The summed E-state index contributed by atoms with van der Waals surface area (Å²) >= 11 is 0. The van der Waals surface area contributed by atoms with E-state index in [-0.39, 0.29) is 6.61 Å². The second-order valence-electron chi connectivity index (χ2n) is 3.92. The summed E-state index contributed by atoms with van der Waals surface area (Å²) in [4.78, 5) is 0. The van der Waals surface area contributed by atoms with Crippen LogP contribution in [0.15, 0.2) is 18.2 Å². The molecule has 2 N–H and O–H groups in total. The molecule has 0 saturated carbocycles. The van der Waals surface area contributed by atoms with Crippen LogP contribution in [0, 0.1) is 0 Å². The van der Waals surface area contributed by atoms with E-state index in [1.54, 1.807) is 0 Å². The first kappa shape index (κ1) is 9.75. The molecular formula is C11H16BNO. The summed E-state index contributed by atoms with van der Waals surface area (Å²) in [6, 6.07) is 6.82. The van der Waals surface area contributed by atoms with Crippen LogP contribution in [0.5, 0.6) is 0 Å². The number of fused-ring (bicyclic) bond motifs is 1. The van der Waals surface area contributed by atoms with Crippen LogP contribution in [0.2, 0.25) is 0 Å². The van der Waals surface area contributed by atoms with Gasteiger partial charge in [0.1, 0.15) is 0 Å². The van der Waals surface area contributed by atoms with Gasteiger partial charge in [0.2, 0.25) is 0 Å². The summed E-state index contributed by atoms with van der Waals surface area (Å²) in [6.07, 6.45) is 3.62. The van der Waals surface area contributed by atoms with Crippen LogP contribution in [0.1, 0.15) is 35.6 Å². The van der Waals surface area contributed by atoms with E-state index >= 15 is 0 Å².